The van der Waals surface area contributed by atoms with E-state index in [0.29, 0.717) is 17.8 Å². The second-order valence-electron chi connectivity index (χ2n) is 13.2. The van der Waals surface area contributed by atoms with Gasteiger partial charge in [0.1, 0.15) is 0 Å². The molecule has 1 aliphatic carbocycles. The number of aryl methyl sites for hydroxylation is 1. The van der Waals surface area contributed by atoms with Gasteiger partial charge in [-0.1, -0.05) is 76.0 Å². The number of halogens is 1. The van der Waals surface area contributed by atoms with Crippen molar-refractivity contribution in [2.24, 2.45) is 17.8 Å². The van der Waals surface area contributed by atoms with Gasteiger partial charge in [0.05, 0.1) is 12.7 Å². The fraction of sp³-hybridized carbons (Fsp3) is 0.800. The van der Waals surface area contributed by atoms with Crippen LogP contribution in [-0.4, -0.2) is 32.9 Å². The minimum absolute atomic E-state index is 0.205. The Kier molecular flexibility index (Phi) is 10.2. The van der Waals surface area contributed by atoms with Crippen molar-refractivity contribution in [3.8, 4) is 0 Å². The Morgan fingerprint density at radius 3 is 2.43 bits per heavy atom. The molecule has 2 fully saturated rings. The molecule has 2 aliphatic rings. The summed E-state index contributed by atoms with van der Waals surface area (Å²) in [6.07, 6.45) is 9.27. The molecule has 0 aromatic heterocycles. The van der Waals surface area contributed by atoms with E-state index >= 15 is 0 Å². The van der Waals surface area contributed by atoms with Crippen molar-refractivity contribution < 1.29 is 13.9 Å². The zero-order valence-electron chi connectivity index (χ0n) is 23.7. The zero-order chi connectivity index (χ0) is 25.9. The van der Waals surface area contributed by atoms with E-state index in [2.05, 4.69) is 94.8 Å². The molecular formula is C30H51BrO3Si. The lowest BCUT2D eigenvalue weighted by Crippen LogP contribution is -2.55. The Morgan fingerprint density at radius 1 is 1.11 bits per heavy atom. The number of ether oxygens (including phenoxy) is 2. The van der Waals surface area contributed by atoms with Gasteiger partial charge in [0, 0.05) is 22.9 Å². The molecule has 5 atom stereocenters. The van der Waals surface area contributed by atoms with Gasteiger partial charge < -0.3 is 13.9 Å². The lowest BCUT2D eigenvalue weighted by atomic mass is 9.72. The highest BCUT2D eigenvalue weighted by molar-refractivity contribution is 9.10. The van der Waals surface area contributed by atoms with Crippen LogP contribution in [0.3, 0.4) is 0 Å². The molecule has 0 N–H and O–H groups in total. The first-order chi connectivity index (χ1) is 16.3. The van der Waals surface area contributed by atoms with Crippen molar-refractivity contribution in [3.05, 3.63) is 34.3 Å². The van der Waals surface area contributed by atoms with E-state index in [0.717, 1.165) is 49.6 Å². The third kappa shape index (κ3) is 7.89. The Morgan fingerprint density at radius 2 is 1.80 bits per heavy atom. The molecule has 0 bridgehead atoms. The molecule has 1 aromatic carbocycles. The van der Waals surface area contributed by atoms with Gasteiger partial charge in [-0.2, -0.15) is 0 Å². The van der Waals surface area contributed by atoms with E-state index in [9.17, 15) is 0 Å². The lowest BCUT2D eigenvalue weighted by molar-refractivity contribution is -0.340. The smallest absolute Gasteiger partial charge is 0.192 e. The fourth-order valence-corrected chi connectivity index (χ4v) is 7.43. The van der Waals surface area contributed by atoms with E-state index in [1.165, 1.54) is 18.4 Å². The quantitative estimate of drug-likeness (QED) is 0.279. The molecule has 5 heteroatoms. The average Bonchev–Trinajstić information content (AvgIpc) is 2.74. The predicted octanol–water partition coefficient (Wildman–Crippen LogP) is 9.15. The van der Waals surface area contributed by atoms with Crippen molar-refractivity contribution in [2.45, 2.75) is 129 Å². The van der Waals surface area contributed by atoms with Crippen molar-refractivity contribution >= 4 is 24.2 Å². The Balaban J connectivity index is 1.70. The molecule has 35 heavy (non-hydrogen) atoms. The second-order valence-corrected chi connectivity index (χ2v) is 18.9. The van der Waals surface area contributed by atoms with Gasteiger partial charge in [-0.25, -0.2) is 0 Å². The topological polar surface area (TPSA) is 27.7 Å². The largest absolute Gasteiger partial charge is 0.414 e. The average molecular weight is 568 g/mol. The zero-order valence-corrected chi connectivity index (χ0v) is 26.2. The molecule has 0 unspecified atom stereocenters. The molecule has 1 heterocycles. The number of hydrogen-bond acceptors (Lipinski definition) is 3. The SMILES string of the molecule is CC(C)[C@@H]1CC[C@@H](C)C[C@@]12OCC[C@@H](C[C@@H](CCCc1ccc(Br)cc1)O[Si](C)(C)C(C)(C)C)O2. The van der Waals surface area contributed by atoms with Crippen molar-refractivity contribution in [3.63, 3.8) is 0 Å². The first-order valence-electron chi connectivity index (χ1n) is 14.1. The lowest BCUT2D eigenvalue weighted by Gasteiger charge is -2.51. The molecule has 1 aromatic rings. The van der Waals surface area contributed by atoms with Crippen LogP contribution in [0.2, 0.25) is 18.1 Å². The first-order valence-corrected chi connectivity index (χ1v) is 17.8. The molecular weight excluding hydrogens is 516 g/mol. The number of hydrogen-bond donors (Lipinski definition) is 0. The summed E-state index contributed by atoms with van der Waals surface area (Å²) in [5.74, 6) is 1.33. The van der Waals surface area contributed by atoms with Crippen molar-refractivity contribution in [2.75, 3.05) is 6.61 Å². The molecule has 1 aliphatic heterocycles. The van der Waals surface area contributed by atoms with Crippen molar-refractivity contribution in [1.29, 1.82) is 0 Å². The maximum Gasteiger partial charge on any atom is 0.192 e. The molecule has 0 amide bonds. The van der Waals surface area contributed by atoms with Gasteiger partial charge in [-0.3, -0.25) is 0 Å². The predicted molar refractivity (Wildman–Crippen MR) is 153 cm³/mol. The Hall–Kier alpha value is -0.203. The summed E-state index contributed by atoms with van der Waals surface area (Å²) in [6.45, 7) is 19.6. The van der Waals surface area contributed by atoms with Crippen LogP contribution in [0.5, 0.6) is 0 Å². The summed E-state index contributed by atoms with van der Waals surface area (Å²) < 4.78 is 21.7. The first kappa shape index (κ1) is 29.4. The van der Waals surface area contributed by atoms with E-state index in [1.807, 2.05) is 0 Å². The Bertz CT molecular complexity index is 788. The van der Waals surface area contributed by atoms with Gasteiger partial charge in [-0.15, -0.1) is 0 Å². The van der Waals surface area contributed by atoms with Gasteiger partial charge >= 0.3 is 0 Å². The van der Waals surface area contributed by atoms with Crippen LogP contribution >= 0.6 is 15.9 Å². The van der Waals surface area contributed by atoms with E-state index < -0.39 is 14.1 Å². The minimum atomic E-state index is -1.87. The third-order valence-electron chi connectivity index (χ3n) is 8.82. The Labute approximate surface area is 225 Å². The summed E-state index contributed by atoms with van der Waals surface area (Å²) in [5.41, 5.74) is 1.40. The summed E-state index contributed by atoms with van der Waals surface area (Å²) >= 11 is 3.55. The number of benzene rings is 1. The highest BCUT2D eigenvalue weighted by Crippen LogP contribution is 2.47. The second kappa shape index (κ2) is 12.1. The summed E-state index contributed by atoms with van der Waals surface area (Å²) in [4.78, 5) is 0. The van der Waals surface area contributed by atoms with Crippen LogP contribution in [0, 0.1) is 17.8 Å². The molecule has 1 saturated carbocycles. The standard InChI is InChI=1S/C30H51BrO3Si/c1-22(2)28-17-12-23(3)21-30(28)32-19-18-26(33-30)20-27(34-35(7,8)29(4,5)6)11-9-10-24-13-15-25(31)16-14-24/h13-16,22-23,26-28H,9-12,17-21H2,1-8H3/t23-,26+,27-,28+,30+/m1/s1. The normalized spacial score (nSPS) is 29.0. The van der Waals surface area contributed by atoms with E-state index in [-0.39, 0.29) is 17.2 Å². The molecule has 0 radical (unpaired) electrons. The summed E-state index contributed by atoms with van der Waals surface area (Å²) in [7, 11) is -1.87. The summed E-state index contributed by atoms with van der Waals surface area (Å²) in [6, 6.07) is 8.75. The van der Waals surface area contributed by atoms with E-state index in [4.69, 9.17) is 13.9 Å². The third-order valence-corrected chi connectivity index (χ3v) is 13.9. The molecule has 200 valence electrons. The molecule has 3 rings (SSSR count). The van der Waals surface area contributed by atoms with Crippen LogP contribution in [0.1, 0.15) is 92.1 Å². The van der Waals surface area contributed by atoms with Gasteiger partial charge in [0.15, 0.2) is 14.1 Å². The van der Waals surface area contributed by atoms with Gasteiger partial charge in [0.25, 0.3) is 0 Å². The monoisotopic (exact) mass is 566 g/mol. The molecule has 3 nitrogen and oxygen atoms in total. The van der Waals surface area contributed by atoms with Crippen LogP contribution in [-0.2, 0) is 20.3 Å². The van der Waals surface area contributed by atoms with Crippen LogP contribution < -0.4 is 0 Å². The van der Waals surface area contributed by atoms with Crippen LogP contribution in [0.25, 0.3) is 0 Å². The maximum atomic E-state index is 7.04. The summed E-state index contributed by atoms with van der Waals surface area (Å²) in [5, 5.41) is 0.205. The molecule has 1 spiro atoms. The van der Waals surface area contributed by atoms with Gasteiger partial charge in [-0.05, 0) is 86.2 Å². The van der Waals surface area contributed by atoms with Gasteiger partial charge in [0.2, 0.25) is 0 Å². The molecule has 1 saturated heterocycles. The van der Waals surface area contributed by atoms with Crippen LogP contribution in [0.15, 0.2) is 28.7 Å². The van der Waals surface area contributed by atoms with Crippen molar-refractivity contribution in [1.82, 2.24) is 0 Å². The van der Waals surface area contributed by atoms with Crippen LogP contribution in [0.4, 0.5) is 0 Å². The highest BCUT2D eigenvalue weighted by Gasteiger charge is 2.50. The highest BCUT2D eigenvalue weighted by atomic mass is 79.9. The van der Waals surface area contributed by atoms with E-state index in [1.54, 1.807) is 0 Å². The minimum Gasteiger partial charge on any atom is -0.414 e. The number of rotatable bonds is 9. The fourth-order valence-electron chi connectivity index (χ4n) is 5.77. The maximum absolute atomic E-state index is 7.04.